The molecule has 0 aliphatic rings. The Morgan fingerprint density at radius 3 is 1.78 bits per heavy atom. The normalized spacial score (nSPS) is 12.0. The number of aliphatic hydroxyl groups is 1. The molecule has 6 heteroatoms. The van der Waals surface area contributed by atoms with Gasteiger partial charge in [-0.05, 0) is 56.4 Å². The number of hydrogen-bond donors (Lipinski definition) is 2. The zero-order chi connectivity index (χ0) is 20.4. The van der Waals surface area contributed by atoms with Gasteiger partial charge in [-0.3, -0.25) is 4.79 Å². The first kappa shape index (κ1) is 21.2. The molecule has 5 nitrogen and oxygen atoms in total. The maximum atomic E-state index is 12.0. The van der Waals surface area contributed by atoms with Crippen LogP contribution in [0.5, 0.6) is 0 Å². The highest BCUT2D eigenvalue weighted by Crippen LogP contribution is 2.25. The van der Waals surface area contributed by atoms with Gasteiger partial charge in [-0.2, -0.15) is 0 Å². The molecular formula is C21H28BNO4. The molecule has 0 saturated carbocycles. The summed E-state index contributed by atoms with van der Waals surface area (Å²) >= 11 is 0. The Hall–Kier alpha value is -2.15. The van der Waals surface area contributed by atoms with Gasteiger partial charge in [-0.1, -0.05) is 36.4 Å². The molecule has 1 amide bonds. The van der Waals surface area contributed by atoms with Crippen molar-refractivity contribution < 1.29 is 19.6 Å². The minimum atomic E-state index is -1.14. The maximum Gasteiger partial charge on any atom is 0.491 e. The van der Waals surface area contributed by atoms with Crippen LogP contribution in [0.4, 0.5) is 0 Å². The van der Waals surface area contributed by atoms with Crippen molar-refractivity contribution in [1.29, 1.82) is 0 Å². The van der Waals surface area contributed by atoms with E-state index in [1.165, 1.54) is 0 Å². The fraction of sp³-hybridized carbons (Fsp3) is 0.381. The standard InChI is InChI=1S/C21H28BNO4/c1-20(2,25)21(3,4)27-22(26)18-13-11-16(12-14-18)15-7-9-17(10-8-15)19(24)23(5)6/h7-14,25-26H,1-6H3. The Kier molecular flexibility index (Phi) is 6.15. The Bertz CT molecular complexity index is 777. The van der Waals surface area contributed by atoms with Gasteiger partial charge in [0.1, 0.15) is 0 Å². The third-order valence-corrected chi connectivity index (χ3v) is 4.95. The van der Waals surface area contributed by atoms with E-state index in [1.807, 2.05) is 24.3 Å². The average Bonchev–Trinajstić information content (AvgIpc) is 2.60. The summed E-state index contributed by atoms with van der Waals surface area (Å²) in [6.45, 7) is 6.77. The fourth-order valence-electron chi connectivity index (χ4n) is 2.39. The van der Waals surface area contributed by atoms with Crippen molar-refractivity contribution in [3.63, 3.8) is 0 Å². The highest BCUT2D eigenvalue weighted by molar-refractivity contribution is 6.60. The molecule has 2 rings (SSSR count). The highest BCUT2D eigenvalue weighted by Gasteiger charge is 2.39. The third kappa shape index (κ3) is 4.98. The van der Waals surface area contributed by atoms with Crippen molar-refractivity contribution in [1.82, 2.24) is 4.90 Å². The van der Waals surface area contributed by atoms with Crippen LogP contribution in [0, 0.1) is 0 Å². The molecule has 2 aromatic rings. The van der Waals surface area contributed by atoms with E-state index in [0.29, 0.717) is 11.0 Å². The zero-order valence-corrected chi connectivity index (χ0v) is 16.9. The number of carbonyl (C=O) groups is 1. The number of nitrogens with zero attached hydrogens (tertiary/aromatic N) is 1. The Labute approximate surface area is 161 Å². The van der Waals surface area contributed by atoms with Crippen LogP contribution in [-0.4, -0.2) is 53.4 Å². The number of rotatable bonds is 6. The lowest BCUT2D eigenvalue weighted by Crippen LogP contribution is -2.53. The van der Waals surface area contributed by atoms with Crippen LogP contribution >= 0.6 is 0 Å². The summed E-state index contributed by atoms with van der Waals surface area (Å²) in [7, 11) is 2.31. The number of benzene rings is 2. The molecule has 2 aromatic carbocycles. The molecular weight excluding hydrogens is 341 g/mol. The summed E-state index contributed by atoms with van der Waals surface area (Å²) in [5.41, 5.74) is 1.17. The summed E-state index contributed by atoms with van der Waals surface area (Å²) in [6, 6.07) is 14.8. The molecule has 0 aliphatic carbocycles. The topological polar surface area (TPSA) is 70.0 Å². The number of amides is 1. The zero-order valence-electron chi connectivity index (χ0n) is 16.9. The van der Waals surface area contributed by atoms with E-state index in [1.54, 1.807) is 71.0 Å². The summed E-state index contributed by atoms with van der Waals surface area (Å²) in [4.78, 5) is 13.5. The van der Waals surface area contributed by atoms with E-state index >= 15 is 0 Å². The monoisotopic (exact) mass is 369 g/mol. The molecule has 0 heterocycles. The van der Waals surface area contributed by atoms with Crippen molar-refractivity contribution in [2.45, 2.75) is 38.9 Å². The molecule has 0 atom stereocenters. The van der Waals surface area contributed by atoms with Gasteiger partial charge >= 0.3 is 7.12 Å². The van der Waals surface area contributed by atoms with Crippen molar-refractivity contribution in [3.8, 4) is 11.1 Å². The van der Waals surface area contributed by atoms with Crippen LogP contribution < -0.4 is 5.46 Å². The largest absolute Gasteiger partial charge is 0.491 e. The van der Waals surface area contributed by atoms with Gasteiger partial charge in [0.05, 0.1) is 11.2 Å². The molecule has 0 unspecified atom stereocenters. The van der Waals surface area contributed by atoms with Gasteiger partial charge in [-0.25, -0.2) is 0 Å². The summed E-state index contributed by atoms with van der Waals surface area (Å²) in [5, 5.41) is 20.5. The average molecular weight is 369 g/mol. The first-order chi connectivity index (χ1) is 12.4. The second-order valence-corrected chi connectivity index (χ2v) is 7.94. The van der Waals surface area contributed by atoms with Crippen LogP contribution in [-0.2, 0) is 4.65 Å². The van der Waals surface area contributed by atoms with Gasteiger partial charge in [-0.15, -0.1) is 0 Å². The lowest BCUT2D eigenvalue weighted by Gasteiger charge is -2.38. The van der Waals surface area contributed by atoms with Gasteiger partial charge in [0.15, 0.2) is 0 Å². The maximum absolute atomic E-state index is 12.0. The van der Waals surface area contributed by atoms with Gasteiger partial charge < -0.3 is 19.7 Å². The first-order valence-electron chi connectivity index (χ1n) is 8.93. The van der Waals surface area contributed by atoms with Gasteiger partial charge in [0.2, 0.25) is 0 Å². The van der Waals surface area contributed by atoms with Crippen LogP contribution in [0.3, 0.4) is 0 Å². The molecule has 27 heavy (non-hydrogen) atoms. The molecule has 0 fully saturated rings. The Morgan fingerprint density at radius 1 is 0.926 bits per heavy atom. The summed E-state index contributed by atoms with van der Waals surface area (Å²) in [6.07, 6.45) is 0. The van der Waals surface area contributed by atoms with Gasteiger partial charge in [0.25, 0.3) is 5.91 Å². The predicted molar refractivity (Wildman–Crippen MR) is 109 cm³/mol. The molecule has 2 N–H and O–H groups in total. The quantitative estimate of drug-likeness (QED) is 0.767. The minimum Gasteiger partial charge on any atom is -0.423 e. The Morgan fingerprint density at radius 2 is 1.37 bits per heavy atom. The molecule has 0 bridgehead atoms. The third-order valence-electron chi connectivity index (χ3n) is 4.95. The second kappa shape index (κ2) is 7.84. The number of hydrogen-bond acceptors (Lipinski definition) is 4. The van der Waals surface area contributed by atoms with E-state index in [2.05, 4.69) is 0 Å². The lowest BCUT2D eigenvalue weighted by molar-refractivity contribution is -0.0982. The van der Waals surface area contributed by atoms with E-state index in [9.17, 15) is 14.9 Å². The molecule has 0 radical (unpaired) electrons. The number of carbonyl (C=O) groups excluding carboxylic acids is 1. The van der Waals surface area contributed by atoms with E-state index < -0.39 is 18.3 Å². The molecule has 144 valence electrons. The van der Waals surface area contributed by atoms with Crippen molar-refractivity contribution >= 4 is 18.5 Å². The molecule has 0 spiro atoms. The van der Waals surface area contributed by atoms with E-state index in [4.69, 9.17) is 4.65 Å². The Balaban J connectivity index is 2.14. The summed E-state index contributed by atoms with van der Waals surface area (Å²) in [5.74, 6) is -0.0356. The van der Waals surface area contributed by atoms with Crippen LogP contribution in [0.2, 0.25) is 0 Å². The predicted octanol–water partition coefficient (Wildman–Crippen LogP) is 2.31. The summed E-state index contributed by atoms with van der Waals surface area (Å²) < 4.78 is 5.66. The molecule has 0 saturated heterocycles. The highest BCUT2D eigenvalue weighted by atomic mass is 16.5. The SMILES string of the molecule is CN(C)C(=O)c1ccc(-c2ccc(B(O)OC(C)(C)C(C)(C)O)cc2)cc1. The second-order valence-electron chi connectivity index (χ2n) is 7.94. The lowest BCUT2D eigenvalue weighted by atomic mass is 9.76. The molecule has 0 aromatic heterocycles. The van der Waals surface area contributed by atoms with E-state index in [0.717, 1.165) is 11.1 Å². The van der Waals surface area contributed by atoms with Crippen LogP contribution in [0.25, 0.3) is 11.1 Å². The van der Waals surface area contributed by atoms with Crippen molar-refractivity contribution in [2.24, 2.45) is 0 Å². The first-order valence-corrected chi connectivity index (χ1v) is 8.93. The van der Waals surface area contributed by atoms with Gasteiger partial charge in [0, 0.05) is 19.7 Å². The van der Waals surface area contributed by atoms with Crippen LogP contribution in [0.15, 0.2) is 48.5 Å². The van der Waals surface area contributed by atoms with E-state index in [-0.39, 0.29) is 5.91 Å². The van der Waals surface area contributed by atoms with Crippen molar-refractivity contribution in [3.05, 3.63) is 54.1 Å². The van der Waals surface area contributed by atoms with Crippen LogP contribution in [0.1, 0.15) is 38.1 Å². The molecule has 0 aliphatic heterocycles. The minimum absolute atomic E-state index is 0.0356. The van der Waals surface area contributed by atoms with Crippen molar-refractivity contribution in [2.75, 3.05) is 14.1 Å². The fourth-order valence-corrected chi connectivity index (χ4v) is 2.39. The smallest absolute Gasteiger partial charge is 0.423 e.